The van der Waals surface area contributed by atoms with Crippen molar-refractivity contribution in [2.24, 2.45) is 58.2 Å². The molecule has 0 aromatic carbocycles. The third-order valence-electron chi connectivity index (χ3n) is 12.1. The van der Waals surface area contributed by atoms with Gasteiger partial charge in [-0.3, -0.25) is 14.4 Å². The van der Waals surface area contributed by atoms with Gasteiger partial charge < -0.3 is 14.2 Å². The SMILES string of the molecule is CCOC(=O)C1CC1[C@@H](C)[C@H]1CC[C@H]2[C@@H]3[C@H](OC(C)=O)C[C@@H]4C[C@H](OC(C)=O)CC[C@]4(C)[C@H]3CC[C@]12C. The maximum Gasteiger partial charge on any atom is 0.309 e. The lowest BCUT2D eigenvalue weighted by atomic mass is 9.43. The molecule has 0 aromatic rings. The second kappa shape index (κ2) is 9.86. The summed E-state index contributed by atoms with van der Waals surface area (Å²) in [6.07, 6.45) is 9.49. The third kappa shape index (κ3) is 4.62. The summed E-state index contributed by atoms with van der Waals surface area (Å²) in [7, 11) is 0. The van der Waals surface area contributed by atoms with E-state index in [1.54, 1.807) is 6.92 Å². The van der Waals surface area contributed by atoms with Crippen LogP contribution >= 0.6 is 0 Å². The fourth-order valence-electron chi connectivity index (χ4n) is 10.4. The van der Waals surface area contributed by atoms with Gasteiger partial charge in [0, 0.05) is 19.8 Å². The Balaban J connectivity index is 1.37. The van der Waals surface area contributed by atoms with Crippen LogP contribution in [0.25, 0.3) is 0 Å². The number of carbonyl (C=O) groups excluding carboxylic acids is 3. The molecule has 0 radical (unpaired) electrons. The fraction of sp³-hybridized carbons (Fsp3) is 0.903. The van der Waals surface area contributed by atoms with Crippen LogP contribution in [0.1, 0.15) is 99.3 Å². The van der Waals surface area contributed by atoms with Gasteiger partial charge in [0.15, 0.2) is 0 Å². The van der Waals surface area contributed by atoms with Crippen LogP contribution in [0.5, 0.6) is 0 Å². The summed E-state index contributed by atoms with van der Waals surface area (Å²) in [5.41, 5.74) is 0.424. The van der Waals surface area contributed by atoms with Crippen LogP contribution in [0.4, 0.5) is 0 Å². The van der Waals surface area contributed by atoms with E-state index in [9.17, 15) is 14.4 Å². The number of rotatable bonds is 6. The van der Waals surface area contributed by atoms with Gasteiger partial charge in [-0.05, 0) is 111 Å². The topological polar surface area (TPSA) is 78.9 Å². The highest BCUT2D eigenvalue weighted by Crippen LogP contribution is 2.70. The molecule has 0 N–H and O–H groups in total. The molecule has 5 saturated carbocycles. The molecule has 0 saturated heterocycles. The minimum absolute atomic E-state index is 0.00622. The molecule has 6 heteroatoms. The largest absolute Gasteiger partial charge is 0.466 e. The zero-order valence-electron chi connectivity index (χ0n) is 23.8. The van der Waals surface area contributed by atoms with Gasteiger partial charge >= 0.3 is 17.9 Å². The molecule has 0 amide bonds. The summed E-state index contributed by atoms with van der Waals surface area (Å²) in [5, 5.41) is 0. The maximum atomic E-state index is 12.4. The molecule has 2 unspecified atom stereocenters. The van der Waals surface area contributed by atoms with Crippen LogP contribution in [-0.2, 0) is 28.6 Å². The maximum absolute atomic E-state index is 12.4. The number of esters is 3. The van der Waals surface area contributed by atoms with E-state index in [4.69, 9.17) is 14.2 Å². The van der Waals surface area contributed by atoms with E-state index in [0.29, 0.717) is 48.0 Å². The van der Waals surface area contributed by atoms with E-state index in [1.165, 1.54) is 32.6 Å². The first-order valence-corrected chi connectivity index (χ1v) is 15.0. The van der Waals surface area contributed by atoms with Gasteiger partial charge in [0.1, 0.15) is 12.2 Å². The lowest BCUT2D eigenvalue weighted by Gasteiger charge is -2.62. The molecule has 6 nitrogen and oxygen atoms in total. The van der Waals surface area contributed by atoms with Crippen LogP contribution < -0.4 is 0 Å². The van der Waals surface area contributed by atoms with Crippen molar-refractivity contribution in [1.29, 1.82) is 0 Å². The van der Waals surface area contributed by atoms with Crippen molar-refractivity contribution in [3.05, 3.63) is 0 Å². The zero-order valence-corrected chi connectivity index (χ0v) is 23.8. The molecule has 0 heterocycles. The van der Waals surface area contributed by atoms with E-state index in [2.05, 4.69) is 20.8 Å². The first-order chi connectivity index (χ1) is 17.5. The van der Waals surface area contributed by atoms with E-state index >= 15 is 0 Å². The Morgan fingerprint density at radius 1 is 0.865 bits per heavy atom. The van der Waals surface area contributed by atoms with Gasteiger partial charge in [0.05, 0.1) is 12.5 Å². The molecule has 5 aliphatic carbocycles. The molecule has 12 atom stereocenters. The summed E-state index contributed by atoms with van der Waals surface area (Å²) < 4.78 is 17.1. The van der Waals surface area contributed by atoms with Gasteiger partial charge in [-0.1, -0.05) is 20.8 Å². The van der Waals surface area contributed by atoms with Crippen molar-refractivity contribution in [3.63, 3.8) is 0 Å². The third-order valence-corrected chi connectivity index (χ3v) is 12.1. The van der Waals surface area contributed by atoms with Crippen molar-refractivity contribution in [1.82, 2.24) is 0 Å². The summed E-state index contributed by atoms with van der Waals surface area (Å²) in [5.74, 6) is 3.17. The number of hydrogen-bond donors (Lipinski definition) is 0. The molecular formula is C31H48O6. The Kier molecular flexibility index (Phi) is 7.19. The molecule has 0 aromatic heterocycles. The Morgan fingerprint density at radius 3 is 2.22 bits per heavy atom. The molecule has 208 valence electrons. The first kappa shape index (κ1) is 27.0. The average molecular weight is 517 g/mol. The lowest BCUT2D eigenvalue weighted by molar-refractivity contribution is -0.197. The molecule has 0 bridgehead atoms. The number of fused-ring (bicyclic) bond motifs is 5. The molecule has 5 aliphatic rings. The van der Waals surface area contributed by atoms with Crippen molar-refractivity contribution in [3.8, 4) is 0 Å². The van der Waals surface area contributed by atoms with Gasteiger partial charge in [0.2, 0.25) is 0 Å². The highest BCUT2D eigenvalue weighted by molar-refractivity contribution is 5.75. The number of ether oxygens (including phenoxy) is 3. The summed E-state index contributed by atoms with van der Waals surface area (Å²) >= 11 is 0. The highest BCUT2D eigenvalue weighted by Gasteiger charge is 2.65. The Hall–Kier alpha value is -1.59. The average Bonchev–Trinajstić information content (AvgIpc) is 3.54. The molecule has 5 rings (SSSR count). The van der Waals surface area contributed by atoms with E-state index in [1.807, 2.05) is 6.92 Å². The molecule has 5 fully saturated rings. The Bertz CT molecular complexity index is 915. The fourth-order valence-corrected chi connectivity index (χ4v) is 10.4. The molecule has 0 aliphatic heterocycles. The van der Waals surface area contributed by atoms with Crippen LogP contribution in [0.3, 0.4) is 0 Å². The predicted molar refractivity (Wildman–Crippen MR) is 139 cm³/mol. The van der Waals surface area contributed by atoms with Crippen LogP contribution in [0, 0.1) is 58.2 Å². The molecular weight excluding hydrogens is 468 g/mol. The summed E-state index contributed by atoms with van der Waals surface area (Å²) in [6, 6.07) is 0. The smallest absolute Gasteiger partial charge is 0.309 e. The Morgan fingerprint density at radius 2 is 1.54 bits per heavy atom. The van der Waals surface area contributed by atoms with Crippen LogP contribution in [0.2, 0.25) is 0 Å². The highest BCUT2D eigenvalue weighted by atomic mass is 16.5. The second-order valence-corrected chi connectivity index (χ2v) is 13.7. The monoisotopic (exact) mass is 516 g/mol. The van der Waals surface area contributed by atoms with E-state index in [-0.39, 0.29) is 46.9 Å². The second-order valence-electron chi connectivity index (χ2n) is 13.7. The van der Waals surface area contributed by atoms with Crippen molar-refractivity contribution in [2.75, 3.05) is 6.61 Å². The van der Waals surface area contributed by atoms with Crippen molar-refractivity contribution >= 4 is 17.9 Å². The van der Waals surface area contributed by atoms with Crippen LogP contribution in [-0.4, -0.2) is 36.7 Å². The molecule has 0 spiro atoms. The van der Waals surface area contributed by atoms with Crippen molar-refractivity contribution in [2.45, 2.75) is 112 Å². The van der Waals surface area contributed by atoms with Gasteiger partial charge in [-0.15, -0.1) is 0 Å². The van der Waals surface area contributed by atoms with Gasteiger partial charge in [-0.25, -0.2) is 0 Å². The minimum atomic E-state index is -0.195. The predicted octanol–water partition coefficient (Wildman–Crippen LogP) is 5.95. The summed E-state index contributed by atoms with van der Waals surface area (Å²) in [6.45, 7) is 12.8. The zero-order chi connectivity index (χ0) is 26.7. The number of hydrogen-bond acceptors (Lipinski definition) is 6. The first-order valence-electron chi connectivity index (χ1n) is 15.0. The summed E-state index contributed by atoms with van der Waals surface area (Å²) in [4.78, 5) is 36.3. The standard InChI is InChI=1S/C31H48O6/c1-7-35-29(34)23-16-22(23)17(2)24-8-9-25-28-26(11-13-31(24,25)6)30(5)12-10-21(36-18(3)32)14-20(30)15-27(28)37-19(4)33/h17,20-28H,7-16H2,1-6H3/t17-,20+,21-,22?,23?,24-,25+,26+,27-,28+,30+,31-/m1/s1. The molecule has 37 heavy (non-hydrogen) atoms. The number of carbonyl (C=O) groups is 3. The van der Waals surface area contributed by atoms with E-state index < -0.39 is 0 Å². The minimum Gasteiger partial charge on any atom is -0.466 e. The normalized spacial score (nSPS) is 47.0. The van der Waals surface area contributed by atoms with Gasteiger partial charge in [-0.2, -0.15) is 0 Å². The lowest BCUT2D eigenvalue weighted by Crippen LogP contribution is -2.59. The van der Waals surface area contributed by atoms with Gasteiger partial charge in [0.25, 0.3) is 0 Å². The van der Waals surface area contributed by atoms with E-state index in [0.717, 1.165) is 32.1 Å². The Labute approximate surface area is 222 Å². The quantitative estimate of drug-likeness (QED) is 0.320. The van der Waals surface area contributed by atoms with Crippen LogP contribution in [0.15, 0.2) is 0 Å². The van der Waals surface area contributed by atoms with Crippen molar-refractivity contribution < 1.29 is 28.6 Å².